The Morgan fingerprint density at radius 1 is 1.04 bits per heavy atom. The fourth-order valence-corrected chi connectivity index (χ4v) is 7.10. The lowest BCUT2D eigenvalue weighted by atomic mass is 10.1. The van der Waals surface area contributed by atoms with E-state index in [1.54, 1.807) is 0 Å². The van der Waals surface area contributed by atoms with Crippen molar-refractivity contribution in [3.63, 3.8) is 0 Å². The van der Waals surface area contributed by atoms with E-state index in [4.69, 9.17) is 0 Å². The highest BCUT2D eigenvalue weighted by molar-refractivity contribution is 8.02. The van der Waals surface area contributed by atoms with Gasteiger partial charge >= 0.3 is 0 Å². The Hall–Kier alpha value is -1.01. The molecule has 24 heavy (non-hydrogen) atoms. The fourth-order valence-electron chi connectivity index (χ4n) is 3.48. The van der Waals surface area contributed by atoms with Crippen LogP contribution in [0.15, 0.2) is 29.2 Å². The van der Waals surface area contributed by atoms with Gasteiger partial charge in [-0.2, -0.15) is 0 Å². The molecule has 1 N–H and O–H groups in total. The van der Waals surface area contributed by atoms with Gasteiger partial charge in [0.1, 0.15) is 0 Å². The monoisotopic (exact) mass is 367 g/mol. The van der Waals surface area contributed by atoms with Crippen LogP contribution >= 0.6 is 11.8 Å². The molecular weight excluding hydrogens is 342 g/mol. The number of hydrogen-bond acceptors (Lipinski definition) is 4. The molecule has 1 aliphatic carbocycles. The highest BCUT2D eigenvalue weighted by atomic mass is 32.2. The van der Waals surface area contributed by atoms with Crippen LogP contribution in [0, 0.1) is 0 Å². The third kappa shape index (κ3) is 4.76. The first-order valence-electron chi connectivity index (χ1n) is 8.80. The van der Waals surface area contributed by atoms with Crippen molar-refractivity contribution in [2.24, 2.45) is 0 Å². The summed E-state index contributed by atoms with van der Waals surface area (Å²) < 4.78 is 23.3. The maximum atomic E-state index is 12.7. The van der Waals surface area contributed by atoms with Gasteiger partial charge in [0.05, 0.1) is 17.1 Å². The Balaban J connectivity index is 1.67. The number of rotatable bonds is 4. The van der Waals surface area contributed by atoms with Gasteiger partial charge in [-0.3, -0.25) is 4.79 Å². The normalized spacial score (nSPS) is 24.4. The zero-order valence-corrected chi connectivity index (χ0v) is 15.5. The topological polar surface area (TPSA) is 63.2 Å². The molecule has 3 rings (SSSR count). The summed E-state index contributed by atoms with van der Waals surface area (Å²) in [5.41, 5.74) is 0.677. The highest BCUT2D eigenvalue weighted by Crippen LogP contribution is 2.33. The summed E-state index contributed by atoms with van der Waals surface area (Å²) >= 11 is 1.53. The molecule has 1 heterocycles. The smallest absolute Gasteiger partial charge is 0.252 e. The van der Waals surface area contributed by atoms with Crippen molar-refractivity contribution in [1.29, 1.82) is 0 Å². The van der Waals surface area contributed by atoms with Crippen molar-refractivity contribution in [2.45, 2.75) is 61.1 Å². The second-order valence-electron chi connectivity index (χ2n) is 6.80. The first kappa shape index (κ1) is 17.8. The van der Waals surface area contributed by atoms with Gasteiger partial charge in [0, 0.05) is 16.2 Å². The molecule has 1 aromatic rings. The van der Waals surface area contributed by atoms with Crippen molar-refractivity contribution in [3.05, 3.63) is 29.8 Å². The SMILES string of the molecule is O=C(NC1CCCCCC1)c1ccccc1SC1CCS(=O)(=O)C1. The van der Waals surface area contributed by atoms with Gasteiger partial charge in [0.2, 0.25) is 0 Å². The zero-order valence-electron chi connectivity index (χ0n) is 13.9. The number of benzene rings is 1. The predicted molar refractivity (Wildman–Crippen MR) is 98.3 cm³/mol. The molecule has 1 unspecified atom stereocenters. The molecule has 132 valence electrons. The maximum Gasteiger partial charge on any atom is 0.252 e. The van der Waals surface area contributed by atoms with Crippen LogP contribution in [0.2, 0.25) is 0 Å². The number of nitrogens with one attached hydrogen (secondary N) is 1. The van der Waals surface area contributed by atoms with E-state index in [2.05, 4.69) is 5.32 Å². The van der Waals surface area contributed by atoms with E-state index in [1.807, 2.05) is 24.3 Å². The Kier molecular flexibility index (Phi) is 5.87. The second-order valence-corrected chi connectivity index (χ2v) is 10.4. The lowest BCUT2D eigenvalue weighted by molar-refractivity contribution is 0.0930. The summed E-state index contributed by atoms with van der Waals surface area (Å²) in [6.07, 6.45) is 7.67. The van der Waals surface area contributed by atoms with Crippen LogP contribution in [0.25, 0.3) is 0 Å². The molecule has 2 aliphatic rings. The van der Waals surface area contributed by atoms with Crippen LogP contribution in [-0.4, -0.2) is 37.1 Å². The van der Waals surface area contributed by atoms with Gasteiger partial charge in [0.15, 0.2) is 9.84 Å². The van der Waals surface area contributed by atoms with Gasteiger partial charge in [0.25, 0.3) is 5.91 Å². The van der Waals surface area contributed by atoms with Crippen LogP contribution in [0.3, 0.4) is 0 Å². The van der Waals surface area contributed by atoms with Gasteiger partial charge in [-0.15, -0.1) is 11.8 Å². The minimum atomic E-state index is -2.90. The molecule has 1 aromatic carbocycles. The van der Waals surface area contributed by atoms with E-state index < -0.39 is 9.84 Å². The van der Waals surface area contributed by atoms with E-state index in [9.17, 15) is 13.2 Å². The summed E-state index contributed by atoms with van der Waals surface area (Å²) in [6, 6.07) is 7.83. The first-order chi connectivity index (χ1) is 11.5. The summed E-state index contributed by atoms with van der Waals surface area (Å²) in [7, 11) is -2.90. The zero-order chi connectivity index (χ0) is 17.0. The van der Waals surface area contributed by atoms with E-state index >= 15 is 0 Å². The Bertz CT molecular complexity index is 679. The Morgan fingerprint density at radius 2 is 1.75 bits per heavy atom. The minimum Gasteiger partial charge on any atom is -0.349 e. The van der Waals surface area contributed by atoms with E-state index in [-0.39, 0.29) is 28.7 Å². The first-order valence-corrected chi connectivity index (χ1v) is 11.5. The number of amides is 1. The van der Waals surface area contributed by atoms with Crippen molar-refractivity contribution in [2.75, 3.05) is 11.5 Å². The summed E-state index contributed by atoms with van der Waals surface area (Å²) in [5.74, 6) is 0.461. The minimum absolute atomic E-state index is 0.0224. The molecular formula is C18H25NO3S2. The Labute approximate surface area is 148 Å². The van der Waals surface area contributed by atoms with Crippen LogP contribution in [0.5, 0.6) is 0 Å². The quantitative estimate of drug-likeness (QED) is 0.828. The molecule has 0 radical (unpaired) electrons. The third-order valence-electron chi connectivity index (χ3n) is 4.81. The molecule has 0 bridgehead atoms. The summed E-state index contributed by atoms with van der Waals surface area (Å²) in [4.78, 5) is 13.6. The van der Waals surface area contributed by atoms with E-state index in [1.165, 1.54) is 37.4 Å². The van der Waals surface area contributed by atoms with Crippen molar-refractivity contribution in [1.82, 2.24) is 5.32 Å². The fraction of sp³-hybridized carbons (Fsp3) is 0.611. The molecule has 1 saturated heterocycles. The lowest BCUT2D eigenvalue weighted by Crippen LogP contribution is -2.34. The average Bonchev–Trinajstić information content (AvgIpc) is 2.75. The summed E-state index contributed by atoms with van der Waals surface area (Å²) in [6.45, 7) is 0. The number of thioether (sulfide) groups is 1. The van der Waals surface area contributed by atoms with Crippen LogP contribution in [0.4, 0.5) is 0 Å². The predicted octanol–water partition coefficient (Wildman–Crippen LogP) is 3.42. The van der Waals surface area contributed by atoms with Gasteiger partial charge in [-0.25, -0.2) is 8.42 Å². The van der Waals surface area contributed by atoms with Crippen LogP contribution < -0.4 is 5.32 Å². The molecule has 1 amide bonds. The van der Waals surface area contributed by atoms with Crippen molar-refractivity contribution >= 4 is 27.5 Å². The number of carbonyl (C=O) groups is 1. The van der Waals surface area contributed by atoms with Gasteiger partial charge in [-0.05, 0) is 31.4 Å². The number of carbonyl (C=O) groups excluding carboxylic acids is 1. The standard InChI is InChI=1S/C18H25NO3S2/c20-18(19-14-7-3-1-2-4-8-14)16-9-5-6-10-17(16)23-15-11-12-24(21,22)13-15/h5-6,9-10,14-15H,1-4,7-8,11-13H2,(H,19,20). The van der Waals surface area contributed by atoms with Gasteiger partial charge in [-0.1, -0.05) is 37.8 Å². The number of hydrogen-bond donors (Lipinski definition) is 1. The maximum absolute atomic E-state index is 12.7. The lowest BCUT2D eigenvalue weighted by Gasteiger charge is -2.18. The Morgan fingerprint density at radius 3 is 2.42 bits per heavy atom. The van der Waals surface area contributed by atoms with E-state index in [0.717, 1.165) is 17.7 Å². The molecule has 1 saturated carbocycles. The molecule has 6 heteroatoms. The molecule has 2 fully saturated rings. The average molecular weight is 368 g/mol. The van der Waals surface area contributed by atoms with Crippen LogP contribution in [0.1, 0.15) is 55.3 Å². The largest absolute Gasteiger partial charge is 0.349 e. The molecule has 1 atom stereocenters. The second kappa shape index (κ2) is 7.91. The summed E-state index contributed by atoms with van der Waals surface area (Å²) in [5, 5.41) is 3.24. The molecule has 1 aliphatic heterocycles. The van der Waals surface area contributed by atoms with Crippen molar-refractivity contribution < 1.29 is 13.2 Å². The molecule has 0 spiro atoms. The van der Waals surface area contributed by atoms with Crippen molar-refractivity contribution in [3.8, 4) is 0 Å². The van der Waals surface area contributed by atoms with E-state index in [0.29, 0.717) is 12.0 Å². The third-order valence-corrected chi connectivity index (χ3v) is 8.13. The highest BCUT2D eigenvalue weighted by Gasteiger charge is 2.29. The molecule has 4 nitrogen and oxygen atoms in total. The number of sulfone groups is 1. The van der Waals surface area contributed by atoms with Crippen LogP contribution in [-0.2, 0) is 9.84 Å². The molecule has 0 aromatic heterocycles. The van der Waals surface area contributed by atoms with Gasteiger partial charge < -0.3 is 5.32 Å².